The third kappa shape index (κ3) is 3.27. The molecule has 1 aromatic heterocycles. The molecule has 0 spiro atoms. The van der Waals surface area contributed by atoms with Crippen molar-refractivity contribution in [2.75, 3.05) is 26.2 Å². The van der Waals surface area contributed by atoms with Crippen molar-refractivity contribution in [3.63, 3.8) is 0 Å². The van der Waals surface area contributed by atoms with Crippen molar-refractivity contribution in [1.82, 2.24) is 14.8 Å². The Labute approximate surface area is 107 Å². The van der Waals surface area contributed by atoms with Gasteiger partial charge < -0.3 is 10.0 Å². The summed E-state index contributed by atoms with van der Waals surface area (Å²) < 4.78 is 0. The molecule has 0 bridgehead atoms. The molecule has 1 atom stereocenters. The van der Waals surface area contributed by atoms with Crippen LogP contribution in [0.5, 0.6) is 0 Å². The number of pyridine rings is 1. The van der Waals surface area contributed by atoms with E-state index in [1.54, 1.807) is 11.1 Å². The fraction of sp³-hybridized carbons (Fsp3) is 0.538. The Balaban J connectivity index is 1.82. The van der Waals surface area contributed by atoms with Crippen molar-refractivity contribution >= 4 is 5.91 Å². The molecule has 0 aromatic carbocycles. The fourth-order valence-electron chi connectivity index (χ4n) is 2.11. The first-order valence-electron chi connectivity index (χ1n) is 6.26. The maximum Gasteiger partial charge on any atom is 0.251 e. The predicted molar refractivity (Wildman–Crippen MR) is 67.8 cm³/mol. The maximum atomic E-state index is 11.6. The molecule has 0 unspecified atom stereocenters. The molecular weight excluding hydrogens is 230 g/mol. The van der Waals surface area contributed by atoms with Crippen molar-refractivity contribution < 1.29 is 9.90 Å². The van der Waals surface area contributed by atoms with Crippen LogP contribution < -0.4 is 0 Å². The zero-order valence-electron chi connectivity index (χ0n) is 10.6. The Morgan fingerprint density at radius 1 is 1.39 bits per heavy atom. The SMILES string of the molecule is C[C@H](O)C(=O)N1CCN(Cc2ccccn2)CC1. The van der Waals surface area contributed by atoms with Gasteiger partial charge in [-0.25, -0.2) is 0 Å². The van der Waals surface area contributed by atoms with Gasteiger partial charge in [0.1, 0.15) is 6.10 Å². The van der Waals surface area contributed by atoms with E-state index >= 15 is 0 Å². The molecule has 1 aliphatic rings. The number of rotatable bonds is 3. The van der Waals surface area contributed by atoms with E-state index < -0.39 is 6.10 Å². The number of carbonyl (C=O) groups is 1. The van der Waals surface area contributed by atoms with Crippen molar-refractivity contribution in [2.24, 2.45) is 0 Å². The lowest BCUT2D eigenvalue weighted by atomic mass is 10.2. The monoisotopic (exact) mass is 249 g/mol. The molecule has 0 radical (unpaired) electrons. The second-order valence-electron chi connectivity index (χ2n) is 4.60. The van der Waals surface area contributed by atoms with E-state index in [2.05, 4.69) is 9.88 Å². The number of hydrogen-bond donors (Lipinski definition) is 1. The van der Waals surface area contributed by atoms with Crippen molar-refractivity contribution in [1.29, 1.82) is 0 Å². The molecule has 1 fully saturated rings. The summed E-state index contributed by atoms with van der Waals surface area (Å²) in [7, 11) is 0. The molecule has 5 nitrogen and oxygen atoms in total. The van der Waals surface area contributed by atoms with Crippen LogP contribution in [-0.4, -0.2) is 58.1 Å². The third-order valence-corrected chi connectivity index (χ3v) is 3.15. The fourth-order valence-corrected chi connectivity index (χ4v) is 2.11. The lowest BCUT2D eigenvalue weighted by Crippen LogP contribution is -2.50. The molecule has 5 heteroatoms. The summed E-state index contributed by atoms with van der Waals surface area (Å²) in [4.78, 5) is 19.9. The van der Waals surface area contributed by atoms with Crippen molar-refractivity contribution in [3.8, 4) is 0 Å². The smallest absolute Gasteiger partial charge is 0.251 e. The summed E-state index contributed by atoms with van der Waals surface area (Å²) in [6.45, 7) is 5.34. The maximum absolute atomic E-state index is 11.6. The first-order valence-corrected chi connectivity index (χ1v) is 6.26. The normalized spacial score (nSPS) is 18.7. The summed E-state index contributed by atoms with van der Waals surface area (Å²) in [6.07, 6.45) is 0.898. The highest BCUT2D eigenvalue weighted by Crippen LogP contribution is 2.07. The first kappa shape index (κ1) is 13.0. The number of hydrogen-bond acceptors (Lipinski definition) is 4. The van der Waals surface area contributed by atoms with Crippen LogP contribution in [0.3, 0.4) is 0 Å². The minimum Gasteiger partial charge on any atom is -0.384 e. The molecule has 1 amide bonds. The summed E-state index contributed by atoms with van der Waals surface area (Å²) in [6, 6.07) is 5.89. The molecule has 1 aliphatic heterocycles. The van der Waals surface area contributed by atoms with E-state index in [4.69, 9.17) is 0 Å². The molecule has 2 rings (SSSR count). The van der Waals surface area contributed by atoms with Gasteiger partial charge in [-0.1, -0.05) is 6.07 Å². The molecule has 1 N–H and O–H groups in total. The number of piperazine rings is 1. The Hall–Kier alpha value is -1.46. The average Bonchev–Trinajstić information content (AvgIpc) is 2.40. The standard InChI is InChI=1S/C13H19N3O2/c1-11(17)13(18)16-8-6-15(7-9-16)10-12-4-2-3-5-14-12/h2-5,11,17H,6-10H2,1H3/t11-/m0/s1. The molecule has 18 heavy (non-hydrogen) atoms. The molecule has 98 valence electrons. The van der Waals surface area contributed by atoms with E-state index in [0.29, 0.717) is 13.1 Å². The second kappa shape index (κ2) is 5.93. The number of nitrogens with zero attached hydrogens (tertiary/aromatic N) is 3. The highest BCUT2D eigenvalue weighted by atomic mass is 16.3. The van der Waals surface area contributed by atoms with Crippen molar-refractivity contribution in [2.45, 2.75) is 19.6 Å². The van der Waals surface area contributed by atoms with Gasteiger partial charge in [0.2, 0.25) is 0 Å². The van der Waals surface area contributed by atoms with Gasteiger partial charge in [-0.15, -0.1) is 0 Å². The van der Waals surface area contributed by atoms with Gasteiger partial charge in [0.25, 0.3) is 5.91 Å². The second-order valence-corrected chi connectivity index (χ2v) is 4.60. The van der Waals surface area contributed by atoms with Crippen LogP contribution in [0.25, 0.3) is 0 Å². The molecule has 0 aliphatic carbocycles. The van der Waals surface area contributed by atoms with Gasteiger partial charge in [-0.2, -0.15) is 0 Å². The molecular formula is C13H19N3O2. The summed E-state index contributed by atoms with van der Waals surface area (Å²) in [5.41, 5.74) is 1.05. The minimum absolute atomic E-state index is 0.174. The zero-order chi connectivity index (χ0) is 13.0. The number of aliphatic hydroxyl groups excluding tert-OH is 1. The largest absolute Gasteiger partial charge is 0.384 e. The third-order valence-electron chi connectivity index (χ3n) is 3.15. The van der Waals surface area contributed by atoms with E-state index in [1.807, 2.05) is 18.2 Å². The lowest BCUT2D eigenvalue weighted by Gasteiger charge is -2.35. The van der Waals surface area contributed by atoms with E-state index in [9.17, 15) is 9.90 Å². The predicted octanol–water partition coefficient (Wildman–Crippen LogP) is 0.107. The van der Waals surface area contributed by atoms with Gasteiger partial charge in [0, 0.05) is 38.9 Å². The van der Waals surface area contributed by atoms with E-state index in [0.717, 1.165) is 25.3 Å². The van der Waals surface area contributed by atoms with Gasteiger partial charge in [0.05, 0.1) is 5.69 Å². The Kier molecular flexibility index (Phi) is 4.28. The van der Waals surface area contributed by atoms with Crippen LogP contribution >= 0.6 is 0 Å². The van der Waals surface area contributed by atoms with Gasteiger partial charge in [0.15, 0.2) is 0 Å². The first-order chi connectivity index (χ1) is 8.66. The summed E-state index contributed by atoms with van der Waals surface area (Å²) in [5.74, 6) is -0.174. The molecule has 2 heterocycles. The number of amides is 1. The van der Waals surface area contributed by atoms with Crippen LogP contribution in [-0.2, 0) is 11.3 Å². The Bertz CT molecular complexity index is 386. The van der Waals surface area contributed by atoms with E-state index in [-0.39, 0.29) is 5.91 Å². The van der Waals surface area contributed by atoms with Gasteiger partial charge in [-0.05, 0) is 19.1 Å². The summed E-state index contributed by atoms with van der Waals surface area (Å²) >= 11 is 0. The highest BCUT2D eigenvalue weighted by molar-refractivity contribution is 5.80. The van der Waals surface area contributed by atoms with Crippen LogP contribution in [0.15, 0.2) is 24.4 Å². The van der Waals surface area contributed by atoms with Crippen LogP contribution in [0.1, 0.15) is 12.6 Å². The average molecular weight is 249 g/mol. The molecule has 1 aromatic rings. The minimum atomic E-state index is -0.896. The number of carbonyl (C=O) groups excluding carboxylic acids is 1. The lowest BCUT2D eigenvalue weighted by molar-refractivity contribution is -0.141. The van der Waals surface area contributed by atoms with Crippen LogP contribution in [0.4, 0.5) is 0 Å². The Morgan fingerprint density at radius 3 is 2.67 bits per heavy atom. The quantitative estimate of drug-likeness (QED) is 0.826. The topological polar surface area (TPSA) is 56.7 Å². The highest BCUT2D eigenvalue weighted by Gasteiger charge is 2.23. The van der Waals surface area contributed by atoms with Gasteiger partial charge in [-0.3, -0.25) is 14.7 Å². The van der Waals surface area contributed by atoms with Crippen LogP contribution in [0.2, 0.25) is 0 Å². The number of aromatic nitrogens is 1. The molecule has 1 saturated heterocycles. The summed E-state index contributed by atoms with van der Waals surface area (Å²) in [5, 5.41) is 9.26. The van der Waals surface area contributed by atoms with Crippen molar-refractivity contribution in [3.05, 3.63) is 30.1 Å². The Morgan fingerprint density at radius 2 is 2.11 bits per heavy atom. The molecule has 0 saturated carbocycles. The van der Waals surface area contributed by atoms with Crippen LogP contribution in [0, 0.1) is 0 Å². The number of aliphatic hydroxyl groups is 1. The van der Waals surface area contributed by atoms with Gasteiger partial charge >= 0.3 is 0 Å². The van der Waals surface area contributed by atoms with E-state index in [1.165, 1.54) is 6.92 Å². The zero-order valence-corrected chi connectivity index (χ0v) is 10.6.